The maximum absolute atomic E-state index is 11.4. The molecule has 4 nitrogen and oxygen atoms in total. The fourth-order valence-corrected chi connectivity index (χ4v) is 2.57. The van der Waals surface area contributed by atoms with Gasteiger partial charge >= 0.3 is 5.97 Å². The lowest BCUT2D eigenvalue weighted by Gasteiger charge is -2.39. The molecule has 18 heavy (non-hydrogen) atoms. The lowest BCUT2D eigenvalue weighted by Crippen LogP contribution is -2.55. The fraction of sp³-hybridized carbons (Fsp3) is 0.462. The van der Waals surface area contributed by atoms with E-state index in [9.17, 15) is 9.90 Å². The number of piperazine rings is 1. The Hall–Kier alpha value is -1.07. The van der Waals surface area contributed by atoms with Gasteiger partial charge in [0.2, 0.25) is 0 Å². The number of carboxylic acids is 1. The normalized spacial score (nSPS) is 21.1. The molecule has 1 atom stereocenters. The minimum atomic E-state index is -0.766. The van der Waals surface area contributed by atoms with E-state index >= 15 is 0 Å². The third-order valence-electron chi connectivity index (χ3n) is 3.36. The third kappa shape index (κ3) is 2.67. The Kier molecular flexibility index (Phi) is 3.92. The summed E-state index contributed by atoms with van der Waals surface area (Å²) >= 11 is 3.50. The Morgan fingerprint density at radius 3 is 2.78 bits per heavy atom. The maximum atomic E-state index is 11.4. The number of aryl methyl sites for hydroxylation is 1. The number of hydrogen-bond acceptors (Lipinski definition) is 3. The van der Waals surface area contributed by atoms with Gasteiger partial charge in [-0.15, -0.1) is 0 Å². The van der Waals surface area contributed by atoms with Gasteiger partial charge in [0, 0.05) is 29.8 Å². The van der Waals surface area contributed by atoms with Crippen molar-refractivity contribution < 1.29 is 9.90 Å². The van der Waals surface area contributed by atoms with Crippen LogP contribution in [0.1, 0.15) is 5.56 Å². The first-order chi connectivity index (χ1) is 8.49. The van der Waals surface area contributed by atoms with E-state index in [0.717, 1.165) is 28.8 Å². The first-order valence-corrected chi connectivity index (χ1v) is 6.72. The van der Waals surface area contributed by atoms with E-state index in [-0.39, 0.29) is 0 Å². The highest BCUT2D eigenvalue weighted by molar-refractivity contribution is 9.10. The van der Waals surface area contributed by atoms with Crippen molar-refractivity contribution >= 4 is 27.6 Å². The second-order valence-corrected chi connectivity index (χ2v) is 5.60. The molecule has 1 heterocycles. The van der Waals surface area contributed by atoms with Gasteiger partial charge in [-0.2, -0.15) is 0 Å². The summed E-state index contributed by atoms with van der Waals surface area (Å²) in [5.41, 5.74) is 2.12. The van der Waals surface area contributed by atoms with Gasteiger partial charge in [0.15, 0.2) is 0 Å². The smallest absolute Gasteiger partial charge is 0.327 e. The van der Waals surface area contributed by atoms with E-state index in [1.165, 1.54) is 0 Å². The molecule has 1 unspecified atom stereocenters. The predicted octanol–water partition coefficient (Wildman–Crippen LogP) is 1.96. The molecule has 0 amide bonds. The Bertz CT molecular complexity index is 464. The number of carbonyl (C=O) groups is 1. The van der Waals surface area contributed by atoms with E-state index < -0.39 is 12.0 Å². The highest BCUT2D eigenvalue weighted by Gasteiger charge is 2.31. The van der Waals surface area contributed by atoms with Gasteiger partial charge in [-0.05, 0) is 31.7 Å². The summed E-state index contributed by atoms with van der Waals surface area (Å²) in [5, 5.41) is 9.33. The number of nitrogens with zero attached hydrogens (tertiary/aromatic N) is 2. The fourth-order valence-electron chi connectivity index (χ4n) is 2.20. The zero-order valence-electron chi connectivity index (χ0n) is 10.6. The number of carboxylic acid groups (broad SMARTS) is 1. The van der Waals surface area contributed by atoms with Crippen LogP contribution in [-0.4, -0.2) is 48.7 Å². The van der Waals surface area contributed by atoms with Gasteiger partial charge < -0.3 is 14.9 Å². The van der Waals surface area contributed by atoms with Gasteiger partial charge in [0.05, 0.1) is 0 Å². The molecule has 0 aromatic heterocycles. The minimum Gasteiger partial charge on any atom is -0.480 e. The number of halogens is 1. The van der Waals surface area contributed by atoms with Gasteiger partial charge in [0.25, 0.3) is 0 Å². The van der Waals surface area contributed by atoms with Crippen LogP contribution in [0.5, 0.6) is 0 Å². The summed E-state index contributed by atoms with van der Waals surface area (Å²) in [6, 6.07) is 5.52. The number of benzene rings is 1. The summed E-state index contributed by atoms with van der Waals surface area (Å²) in [4.78, 5) is 15.4. The Morgan fingerprint density at radius 2 is 2.17 bits per heavy atom. The van der Waals surface area contributed by atoms with Crippen LogP contribution in [0.3, 0.4) is 0 Å². The van der Waals surface area contributed by atoms with Crippen LogP contribution in [-0.2, 0) is 4.79 Å². The minimum absolute atomic E-state index is 0.474. The zero-order chi connectivity index (χ0) is 13.3. The molecule has 1 aromatic carbocycles. The monoisotopic (exact) mass is 312 g/mol. The van der Waals surface area contributed by atoms with Crippen molar-refractivity contribution in [1.82, 2.24) is 4.90 Å². The second kappa shape index (κ2) is 5.28. The molecule has 1 aliphatic rings. The Labute approximate surface area is 115 Å². The van der Waals surface area contributed by atoms with Crippen molar-refractivity contribution in [2.45, 2.75) is 13.0 Å². The van der Waals surface area contributed by atoms with Crippen molar-refractivity contribution in [2.24, 2.45) is 0 Å². The summed E-state index contributed by atoms with van der Waals surface area (Å²) in [5.74, 6) is -0.766. The lowest BCUT2D eigenvalue weighted by molar-refractivity contribution is -0.139. The quantitative estimate of drug-likeness (QED) is 0.906. The largest absolute Gasteiger partial charge is 0.480 e. The second-order valence-electron chi connectivity index (χ2n) is 4.74. The topological polar surface area (TPSA) is 43.8 Å². The van der Waals surface area contributed by atoms with E-state index in [1.807, 2.05) is 37.1 Å². The third-order valence-corrected chi connectivity index (χ3v) is 4.21. The van der Waals surface area contributed by atoms with Crippen molar-refractivity contribution in [3.63, 3.8) is 0 Å². The number of likely N-dealkylation sites (N-methyl/N-ethyl adjacent to an activating group) is 1. The van der Waals surface area contributed by atoms with Crippen molar-refractivity contribution in [3.05, 3.63) is 28.2 Å². The summed E-state index contributed by atoms with van der Waals surface area (Å²) in [6.45, 7) is 4.20. The Morgan fingerprint density at radius 1 is 1.44 bits per heavy atom. The van der Waals surface area contributed by atoms with Crippen molar-refractivity contribution in [2.75, 3.05) is 31.6 Å². The van der Waals surface area contributed by atoms with Gasteiger partial charge in [-0.1, -0.05) is 22.0 Å². The molecule has 0 radical (unpaired) electrons. The number of aliphatic carboxylic acids is 1. The van der Waals surface area contributed by atoms with Crippen LogP contribution in [0.15, 0.2) is 22.7 Å². The van der Waals surface area contributed by atoms with Crippen LogP contribution < -0.4 is 4.90 Å². The molecular formula is C13H17BrN2O2. The van der Waals surface area contributed by atoms with Crippen molar-refractivity contribution in [3.8, 4) is 0 Å². The number of hydrogen-bond donors (Lipinski definition) is 1. The summed E-state index contributed by atoms with van der Waals surface area (Å²) in [6.07, 6.45) is 0. The van der Waals surface area contributed by atoms with Crippen LogP contribution in [0.25, 0.3) is 0 Å². The molecule has 0 spiro atoms. The molecule has 1 aliphatic heterocycles. The molecule has 1 N–H and O–H groups in total. The summed E-state index contributed by atoms with van der Waals surface area (Å²) < 4.78 is 1.02. The standard InChI is InChI=1S/C13H17BrN2O2/c1-9-3-4-10(7-11(9)14)16-6-5-15(2)8-12(16)13(17)18/h3-4,7,12H,5-6,8H2,1-2H3,(H,17,18). The van der Waals surface area contributed by atoms with Gasteiger partial charge in [-0.25, -0.2) is 4.79 Å². The van der Waals surface area contributed by atoms with Crippen LogP contribution in [0, 0.1) is 6.92 Å². The van der Waals surface area contributed by atoms with Gasteiger partial charge in [0.1, 0.15) is 6.04 Å². The van der Waals surface area contributed by atoms with E-state index in [2.05, 4.69) is 20.8 Å². The Balaban J connectivity index is 2.29. The highest BCUT2D eigenvalue weighted by Crippen LogP contribution is 2.26. The highest BCUT2D eigenvalue weighted by atomic mass is 79.9. The lowest BCUT2D eigenvalue weighted by atomic mass is 10.1. The molecule has 98 valence electrons. The molecule has 1 saturated heterocycles. The first-order valence-electron chi connectivity index (χ1n) is 5.93. The molecule has 0 aliphatic carbocycles. The number of anilines is 1. The number of rotatable bonds is 2. The van der Waals surface area contributed by atoms with Crippen molar-refractivity contribution in [1.29, 1.82) is 0 Å². The first kappa shape index (κ1) is 13.4. The SMILES string of the molecule is Cc1ccc(N2CCN(C)CC2C(=O)O)cc1Br. The molecule has 1 fully saturated rings. The average molecular weight is 313 g/mol. The van der Waals surface area contributed by atoms with E-state index in [4.69, 9.17) is 0 Å². The molecule has 2 rings (SSSR count). The van der Waals surface area contributed by atoms with E-state index in [0.29, 0.717) is 6.54 Å². The summed E-state index contributed by atoms with van der Waals surface area (Å²) in [7, 11) is 1.96. The predicted molar refractivity (Wildman–Crippen MR) is 75.1 cm³/mol. The molecule has 1 aromatic rings. The molecule has 0 saturated carbocycles. The molecular weight excluding hydrogens is 296 g/mol. The zero-order valence-corrected chi connectivity index (χ0v) is 12.1. The van der Waals surface area contributed by atoms with Gasteiger partial charge in [-0.3, -0.25) is 0 Å². The maximum Gasteiger partial charge on any atom is 0.327 e. The van der Waals surface area contributed by atoms with Crippen LogP contribution >= 0.6 is 15.9 Å². The average Bonchev–Trinajstić information content (AvgIpc) is 2.32. The molecule has 0 bridgehead atoms. The van der Waals surface area contributed by atoms with Crippen LogP contribution in [0.2, 0.25) is 0 Å². The van der Waals surface area contributed by atoms with Crippen LogP contribution in [0.4, 0.5) is 5.69 Å². The van der Waals surface area contributed by atoms with E-state index in [1.54, 1.807) is 0 Å². The molecule has 5 heteroatoms.